The molecule has 0 aliphatic carbocycles. The lowest BCUT2D eigenvalue weighted by molar-refractivity contribution is -0.158. The molecule has 2 N–H and O–H groups in total. The Kier molecular flexibility index (Phi) is 7.02. The Balaban J connectivity index is 1.49. The number of carbonyl (C=O) groups excluding carboxylic acids is 4. The van der Waals surface area contributed by atoms with Crippen LogP contribution in [0.15, 0.2) is 60.7 Å². The van der Waals surface area contributed by atoms with Crippen LogP contribution in [0.5, 0.6) is 0 Å². The second kappa shape index (κ2) is 9.88. The van der Waals surface area contributed by atoms with E-state index < -0.39 is 29.8 Å². The molecule has 0 bridgehead atoms. The van der Waals surface area contributed by atoms with E-state index in [1.165, 1.54) is 6.92 Å². The third kappa shape index (κ3) is 5.48. The zero-order valence-corrected chi connectivity index (χ0v) is 17.4. The summed E-state index contributed by atoms with van der Waals surface area (Å²) < 4.78 is 5.24. The number of carbonyl (C=O) groups is 4. The van der Waals surface area contributed by atoms with Gasteiger partial charge in [0, 0.05) is 18.5 Å². The predicted molar refractivity (Wildman–Crippen MR) is 112 cm³/mol. The highest BCUT2D eigenvalue weighted by Crippen LogP contribution is 2.29. The zero-order valence-electron chi connectivity index (χ0n) is 17.4. The van der Waals surface area contributed by atoms with Gasteiger partial charge in [0.15, 0.2) is 6.10 Å². The minimum absolute atomic E-state index is 0.0368. The largest absolute Gasteiger partial charge is 0.452 e. The van der Waals surface area contributed by atoms with Crippen molar-refractivity contribution >= 4 is 23.7 Å². The van der Waals surface area contributed by atoms with Gasteiger partial charge in [0.2, 0.25) is 5.91 Å². The molecule has 3 amide bonds. The highest BCUT2D eigenvalue weighted by Gasteiger charge is 2.38. The van der Waals surface area contributed by atoms with Crippen molar-refractivity contribution in [2.45, 2.75) is 32.4 Å². The van der Waals surface area contributed by atoms with Crippen LogP contribution >= 0.6 is 0 Å². The molecular weight excluding hydrogens is 398 g/mol. The number of nitrogens with one attached hydrogen (secondary N) is 2. The fourth-order valence-corrected chi connectivity index (χ4v) is 3.38. The fourth-order valence-electron chi connectivity index (χ4n) is 3.38. The minimum Gasteiger partial charge on any atom is -0.452 e. The molecule has 3 rings (SSSR count). The number of hydrazine groups is 1. The summed E-state index contributed by atoms with van der Waals surface area (Å²) >= 11 is 0. The van der Waals surface area contributed by atoms with Crippen molar-refractivity contribution < 1.29 is 23.9 Å². The van der Waals surface area contributed by atoms with Gasteiger partial charge >= 0.3 is 5.97 Å². The number of esters is 1. The molecule has 0 spiro atoms. The maximum atomic E-state index is 12.5. The Hall–Kier alpha value is -3.68. The Morgan fingerprint density at radius 1 is 0.968 bits per heavy atom. The smallest absolute Gasteiger partial charge is 0.312 e. The van der Waals surface area contributed by atoms with Crippen molar-refractivity contribution in [2.24, 2.45) is 5.92 Å². The molecule has 8 heteroatoms. The molecule has 2 aromatic rings. The zero-order chi connectivity index (χ0) is 22.4. The maximum Gasteiger partial charge on any atom is 0.312 e. The average molecular weight is 423 g/mol. The van der Waals surface area contributed by atoms with Crippen LogP contribution in [0, 0.1) is 5.92 Å². The molecule has 1 aliphatic heterocycles. The first kappa shape index (κ1) is 22.0. The van der Waals surface area contributed by atoms with Gasteiger partial charge in [-0.1, -0.05) is 48.5 Å². The molecule has 0 radical (unpaired) electrons. The monoisotopic (exact) mass is 423 g/mol. The number of hydrogen-bond acceptors (Lipinski definition) is 5. The Morgan fingerprint density at radius 3 is 2.23 bits per heavy atom. The van der Waals surface area contributed by atoms with Crippen molar-refractivity contribution in [3.05, 3.63) is 71.8 Å². The van der Waals surface area contributed by atoms with E-state index in [9.17, 15) is 19.2 Å². The van der Waals surface area contributed by atoms with Crippen LogP contribution in [-0.4, -0.2) is 41.2 Å². The SMILES string of the molecule is C[C@H](OC(=O)[C@H]1CC(=O)N([C@H](C)c2ccccc2)C1)C(=O)NNC(=O)c1ccccc1. The number of nitrogens with zero attached hydrogens (tertiary/aromatic N) is 1. The third-order valence-corrected chi connectivity index (χ3v) is 5.24. The first-order chi connectivity index (χ1) is 14.9. The lowest BCUT2D eigenvalue weighted by atomic mass is 10.1. The Bertz CT molecular complexity index is 948. The third-order valence-electron chi connectivity index (χ3n) is 5.24. The van der Waals surface area contributed by atoms with Crippen molar-refractivity contribution in [3.63, 3.8) is 0 Å². The van der Waals surface area contributed by atoms with E-state index in [1.807, 2.05) is 37.3 Å². The summed E-state index contributed by atoms with van der Waals surface area (Å²) in [5.41, 5.74) is 5.88. The van der Waals surface area contributed by atoms with E-state index in [1.54, 1.807) is 35.2 Å². The van der Waals surface area contributed by atoms with Crippen molar-refractivity contribution in [2.75, 3.05) is 6.54 Å². The Morgan fingerprint density at radius 2 is 1.58 bits per heavy atom. The number of amides is 3. The summed E-state index contributed by atoms with van der Waals surface area (Å²) in [7, 11) is 0. The highest BCUT2D eigenvalue weighted by molar-refractivity contribution is 5.96. The van der Waals surface area contributed by atoms with E-state index in [4.69, 9.17) is 4.74 Å². The average Bonchev–Trinajstić information content (AvgIpc) is 3.19. The van der Waals surface area contributed by atoms with Crippen molar-refractivity contribution in [3.8, 4) is 0 Å². The first-order valence-corrected chi connectivity index (χ1v) is 10.1. The molecule has 0 aromatic heterocycles. The summed E-state index contributed by atoms with van der Waals surface area (Å²) in [6.45, 7) is 3.54. The van der Waals surface area contributed by atoms with E-state index in [-0.39, 0.29) is 24.9 Å². The van der Waals surface area contributed by atoms with Gasteiger partial charge in [-0.3, -0.25) is 30.0 Å². The number of rotatable bonds is 6. The lowest BCUT2D eigenvalue weighted by Crippen LogP contribution is -2.47. The number of hydrogen-bond donors (Lipinski definition) is 2. The fraction of sp³-hybridized carbons (Fsp3) is 0.304. The Labute approximate surface area is 180 Å². The van der Waals surface area contributed by atoms with Crippen LogP contribution in [0.25, 0.3) is 0 Å². The van der Waals surface area contributed by atoms with Crippen molar-refractivity contribution in [1.82, 2.24) is 15.8 Å². The van der Waals surface area contributed by atoms with E-state index in [0.717, 1.165) is 5.56 Å². The molecule has 1 saturated heterocycles. The molecule has 162 valence electrons. The van der Waals surface area contributed by atoms with Crippen LogP contribution in [0.3, 0.4) is 0 Å². The molecule has 0 unspecified atom stereocenters. The summed E-state index contributed by atoms with van der Waals surface area (Å²) in [5, 5.41) is 0. The molecule has 1 fully saturated rings. The van der Waals surface area contributed by atoms with Gasteiger partial charge < -0.3 is 9.64 Å². The van der Waals surface area contributed by atoms with Crippen LogP contribution in [0.4, 0.5) is 0 Å². The van der Waals surface area contributed by atoms with Crippen LogP contribution < -0.4 is 10.9 Å². The standard InChI is InChI=1S/C23H25N3O5/c1-15(17-9-5-3-6-10-17)26-14-19(13-20(26)27)23(30)31-16(2)21(28)24-25-22(29)18-11-7-4-8-12-18/h3-12,15-16,19H,13-14H2,1-2H3,(H,24,28)(H,25,29)/t15-,16+,19+/m1/s1. The maximum absolute atomic E-state index is 12.5. The molecule has 8 nitrogen and oxygen atoms in total. The van der Waals surface area contributed by atoms with Gasteiger partial charge in [0.1, 0.15) is 0 Å². The van der Waals surface area contributed by atoms with E-state index in [0.29, 0.717) is 5.56 Å². The van der Waals surface area contributed by atoms with E-state index in [2.05, 4.69) is 10.9 Å². The highest BCUT2D eigenvalue weighted by atomic mass is 16.5. The molecule has 3 atom stereocenters. The van der Waals surface area contributed by atoms with Crippen LogP contribution in [0.2, 0.25) is 0 Å². The summed E-state index contributed by atoms with van der Waals surface area (Å²) in [6.07, 6.45) is -1.09. The predicted octanol–water partition coefficient (Wildman–Crippen LogP) is 1.99. The molecule has 2 aromatic carbocycles. The molecule has 0 saturated carbocycles. The van der Waals surface area contributed by atoms with Gasteiger partial charge in [0.25, 0.3) is 11.8 Å². The molecule has 31 heavy (non-hydrogen) atoms. The van der Waals surface area contributed by atoms with Gasteiger partial charge in [-0.2, -0.15) is 0 Å². The summed E-state index contributed by atoms with van der Waals surface area (Å²) in [5.74, 6) is -2.55. The number of benzene rings is 2. The normalized spacial score (nSPS) is 17.5. The first-order valence-electron chi connectivity index (χ1n) is 10.1. The quantitative estimate of drug-likeness (QED) is 0.546. The van der Waals surface area contributed by atoms with Gasteiger partial charge in [-0.15, -0.1) is 0 Å². The second-order valence-electron chi connectivity index (χ2n) is 7.42. The summed E-state index contributed by atoms with van der Waals surface area (Å²) in [6, 6.07) is 17.8. The van der Waals surface area contributed by atoms with Gasteiger partial charge in [0.05, 0.1) is 12.0 Å². The topological polar surface area (TPSA) is 105 Å². The van der Waals surface area contributed by atoms with Crippen molar-refractivity contribution in [1.29, 1.82) is 0 Å². The lowest BCUT2D eigenvalue weighted by Gasteiger charge is -2.25. The number of ether oxygens (including phenoxy) is 1. The van der Waals surface area contributed by atoms with Gasteiger partial charge in [-0.05, 0) is 31.5 Å². The minimum atomic E-state index is -1.13. The van der Waals surface area contributed by atoms with Crippen LogP contribution in [-0.2, 0) is 19.1 Å². The second-order valence-corrected chi connectivity index (χ2v) is 7.42. The molecule has 1 aliphatic rings. The summed E-state index contributed by atoms with van der Waals surface area (Å²) in [4.78, 5) is 50.7. The number of likely N-dealkylation sites (tertiary alicyclic amines) is 1. The molecule has 1 heterocycles. The molecular formula is C23H25N3O5. The van der Waals surface area contributed by atoms with Crippen LogP contribution in [0.1, 0.15) is 42.2 Å². The van der Waals surface area contributed by atoms with Gasteiger partial charge in [-0.25, -0.2) is 0 Å². The van der Waals surface area contributed by atoms with E-state index >= 15 is 0 Å².